The summed E-state index contributed by atoms with van der Waals surface area (Å²) in [5.41, 5.74) is 3.79. The zero-order valence-electron chi connectivity index (χ0n) is 17.1. The minimum Gasteiger partial charge on any atom is -0.353 e. The Morgan fingerprint density at radius 3 is 2.27 bits per heavy atom. The lowest BCUT2D eigenvalue weighted by Gasteiger charge is -2.35. The summed E-state index contributed by atoms with van der Waals surface area (Å²) in [5.74, 6) is 1.54. The van der Waals surface area contributed by atoms with Gasteiger partial charge in [-0.1, -0.05) is 33.6 Å². The number of amides is 1. The molecule has 0 unspecified atom stereocenters. The average Bonchev–Trinajstić information content (AvgIpc) is 2.75. The van der Waals surface area contributed by atoms with Crippen molar-refractivity contribution >= 4 is 39.3 Å². The molecule has 1 aliphatic rings. The SMILES string of the molecule is Cc1ccc(Nc2nc(C)cc(N3CCN(C(=O)c4ccc(Br)cc4)CC3)n2)cc1. The lowest BCUT2D eigenvalue weighted by atomic mass is 10.2. The van der Waals surface area contributed by atoms with Crippen LogP contribution in [0, 0.1) is 13.8 Å². The predicted molar refractivity (Wildman–Crippen MR) is 123 cm³/mol. The van der Waals surface area contributed by atoms with Crippen molar-refractivity contribution in [1.82, 2.24) is 14.9 Å². The number of nitrogens with one attached hydrogen (secondary N) is 1. The first-order valence-electron chi connectivity index (χ1n) is 9.97. The summed E-state index contributed by atoms with van der Waals surface area (Å²) in [6.45, 7) is 6.84. The highest BCUT2D eigenvalue weighted by Gasteiger charge is 2.23. The summed E-state index contributed by atoms with van der Waals surface area (Å²) in [7, 11) is 0. The van der Waals surface area contributed by atoms with Crippen molar-refractivity contribution in [3.05, 3.63) is 75.9 Å². The van der Waals surface area contributed by atoms with Crippen LogP contribution in [0.4, 0.5) is 17.5 Å². The molecule has 0 aliphatic carbocycles. The Labute approximate surface area is 185 Å². The van der Waals surface area contributed by atoms with E-state index in [0.717, 1.165) is 34.8 Å². The lowest BCUT2D eigenvalue weighted by molar-refractivity contribution is 0.0746. The van der Waals surface area contributed by atoms with Gasteiger partial charge in [-0.2, -0.15) is 4.98 Å². The first-order chi connectivity index (χ1) is 14.5. The molecular weight excluding hydrogens is 442 g/mol. The molecule has 4 rings (SSSR count). The van der Waals surface area contributed by atoms with E-state index in [2.05, 4.69) is 50.2 Å². The van der Waals surface area contributed by atoms with Crippen molar-refractivity contribution in [2.75, 3.05) is 36.4 Å². The molecule has 1 saturated heterocycles. The minimum absolute atomic E-state index is 0.0720. The molecule has 6 nitrogen and oxygen atoms in total. The molecule has 1 aliphatic heterocycles. The van der Waals surface area contributed by atoms with E-state index in [9.17, 15) is 4.79 Å². The Bertz CT molecular complexity index is 1030. The Kier molecular flexibility index (Phi) is 5.99. The van der Waals surface area contributed by atoms with E-state index in [0.29, 0.717) is 24.6 Å². The maximum atomic E-state index is 12.7. The van der Waals surface area contributed by atoms with Gasteiger partial charge in [-0.15, -0.1) is 0 Å². The van der Waals surface area contributed by atoms with Crippen LogP contribution in [0.3, 0.4) is 0 Å². The number of aromatic nitrogens is 2. The van der Waals surface area contributed by atoms with Gasteiger partial charge in [0, 0.05) is 53.7 Å². The number of nitrogens with zero attached hydrogens (tertiary/aromatic N) is 4. The summed E-state index contributed by atoms with van der Waals surface area (Å²) in [6, 6.07) is 17.7. The third kappa shape index (κ3) is 4.79. The Balaban J connectivity index is 1.42. The molecule has 0 spiro atoms. The zero-order valence-corrected chi connectivity index (χ0v) is 18.7. The summed E-state index contributed by atoms with van der Waals surface area (Å²) in [6.07, 6.45) is 0. The van der Waals surface area contributed by atoms with Gasteiger partial charge in [-0.3, -0.25) is 4.79 Å². The number of anilines is 3. The molecule has 154 valence electrons. The van der Waals surface area contributed by atoms with Crippen LogP contribution in [0.5, 0.6) is 0 Å². The zero-order chi connectivity index (χ0) is 21.1. The molecule has 0 saturated carbocycles. The molecule has 0 atom stereocenters. The number of aryl methyl sites for hydroxylation is 2. The Hall–Kier alpha value is -2.93. The molecule has 1 N–H and O–H groups in total. The number of piperazine rings is 1. The quantitative estimate of drug-likeness (QED) is 0.611. The van der Waals surface area contributed by atoms with Gasteiger partial charge in [0.1, 0.15) is 5.82 Å². The number of benzene rings is 2. The van der Waals surface area contributed by atoms with Gasteiger partial charge in [-0.05, 0) is 50.2 Å². The fourth-order valence-corrected chi connectivity index (χ4v) is 3.71. The van der Waals surface area contributed by atoms with Crippen LogP contribution in [0.25, 0.3) is 0 Å². The van der Waals surface area contributed by atoms with E-state index in [-0.39, 0.29) is 5.91 Å². The van der Waals surface area contributed by atoms with Crippen LogP contribution >= 0.6 is 15.9 Å². The smallest absolute Gasteiger partial charge is 0.253 e. The van der Waals surface area contributed by atoms with E-state index in [1.807, 2.05) is 54.3 Å². The summed E-state index contributed by atoms with van der Waals surface area (Å²) in [5, 5.41) is 3.29. The van der Waals surface area contributed by atoms with E-state index in [4.69, 9.17) is 4.98 Å². The Morgan fingerprint density at radius 2 is 1.60 bits per heavy atom. The van der Waals surface area contributed by atoms with Crippen molar-refractivity contribution in [2.24, 2.45) is 0 Å². The lowest BCUT2D eigenvalue weighted by Crippen LogP contribution is -2.49. The van der Waals surface area contributed by atoms with Gasteiger partial charge < -0.3 is 15.1 Å². The second-order valence-electron chi connectivity index (χ2n) is 7.47. The predicted octanol–water partition coefficient (Wildman–Crippen LogP) is 4.56. The molecule has 2 heterocycles. The number of halogens is 1. The fraction of sp³-hybridized carbons (Fsp3) is 0.261. The largest absolute Gasteiger partial charge is 0.353 e. The topological polar surface area (TPSA) is 61.4 Å². The monoisotopic (exact) mass is 465 g/mol. The number of hydrogen-bond acceptors (Lipinski definition) is 5. The van der Waals surface area contributed by atoms with Crippen molar-refractivity contribution in [1.29, 1.82) is 0 Å². The fourth-order valence-electron chi connectivity index (χ4n) is 3.45. The highest BCUT2D eigenvalue weighted by molar-refractivity contribution is 9.10. The van der Waals surface area contributed by atoms with Gasteiger partial charge >= 0.3 is 0 Å². The van der Waals surface area contributed by atoms with Crippen molar-refractivity contribution < 1.29 is 4.79 Å². The van der Waals surface area contributed by atoms with E-state index in [1.54, 1.807) is 0 Å². The third-order valence-corrected chi connectivity index (χ3v) is 5.66. The highest BCUT2D eigenvalue weighted by Crippen LogP contribution is 2.21. The molecular formula is C23H24BrN5O. The summed E-state index contributed by atoms with van der Waals surface area (Å²) >= 11 is 3.41. The minimum atomic E-state index is 0.0720. The number of carbonyl (C=O) groups excluding carboxylic acids is 1. The van der Waals surface area contributed by atoms with Crippen LogP contribution in [0.1, 0.15) is 21.6 Å². The second-order valence-corrected chi connectivity index (χ2v) is 8.38. The maximum Gasteiger partial charge on any atom is 0.253 e. The molecule has 3 aromatic rings. The van der Waals surface area contributed by atoms with Crippen molar-refractivity contribution in [3.63, 3.8) is 0 Å². The standard InChI is InChI=1S/C23H24BrN5O/c1-16-3-9-20(10-4-16)26-23-25-17(2)15-21(27-23)28-11-13-29(14-12-28)22(30)18-5-7-19(24)8-6-18/h3-10,15H,11-14H2,1-2H3,(H,25,26,27). The number of hydrogen-bond donors (Lipinski definition) is 1. The molecule has 0 radical (unpaired) electrons. The van der Waals surface area contributed by atoms with E-state index >= 15 is 0 Å². The maximum absolute atomic E-state index is 12.7. The van der Waals surface area contributed by atoms with Crippen LogP contribution in [-0.2, 0) is 0 Å². The Morgan fingerprint density at radius 1 is 0.933 bits per heavy atom. The molecule has 1 aromatic heterocycles. The van der Waals surface area contributed by atoms with Crippen LogP contribution in [0.2, 0.25) is 0 Å². The third-order valence-electron chi connectivity index (χ3n) is 5.13. The van der Waals surface area contributed by atoms with Gasteiger partial charge in [0.25, 0.3) is 5.91 Å². The number of carbonyl (C=O) groups is 1. The first kappa shape index (κ1) is 20.3. The first-order valence-corrected chi connectivity index (χ1v) is 10.8. The summed E-state index contributed by atoms with van der Waals surface area (Å²) < 4.78 is 0.970. The van der Waals surface area contributed by atoms with Gasteiger partial charge in [-0.25, -0.2) is 4.98 Å². The molecule has 0 bridgehead atoms. The second kappa shape index (κ2) is 8.83. The molecule has 30 heavy (non-hydrogen) atoms. The van der Waals surface area contributed by atoms with Gasteiger partial charge in [0.2, 0.25) is 5.95 Å². The molecule has 7 heteroatoms. The average molecular weight is 466 g/mol. The van der Waals surface area contributed by atoms with Crippen LogP contribution in [0.15, 0.2) is 59.1 Å². The number of rotatable bonds is 4. The van der Waals surface area contributed by atoms with Gasteiger partial charge in [0.15, 0.2) is 0 Å². The highest BCUT2D eigenvalue weighted by atomic mass is 79.9. The van der Waals surface area contributed by atoms with E-state index in [1.165, 1.54) is 5.56 Å². The molecule has 2 aromatic carbocycles. The summed E-state index contributed by atoms with van der Waals surface area (Å²) in [4.78, 5) is 26.1. The van der Waals surface area contributed by atoms with Crippen LogP contribution in [-0.4, -0.2) is 47.0 Å². The van der Waals surface area contributed by atoms with E-state index < -0.39 is 0 Å². The normalized spacial score (nSPS) is 14.0. The van der Waals surface area contributed by atoms with Crippen molar-refractivity contribution in [3.8, 4) is 0 Å². The molecule has 1 fully saturated rings. The molecule has 1 amide bonds. The van der Waals surface area contributed by atoms with Gasteiger partial charge in [0.05, 0.1) is 0 Å². The van der Waals surface area contributed by atoms with Crippen LogP contribution < -0.4 is 10.2 Å². The van der Waals surface area contributed by atoms with Crippen molar-refractivity contribution in [2.45, 2.75) is 13.8 Å².